The zero-order valence-electron chi connectivity index (χ0n) is 11.1. The number of benzene rings is 1. The van der Waals surface area contributed by atoms with Crippen LogP contribution < -0.4 is 10.1 Å². The lowest BCUT2D eigenvalue weighted by atomic mass is 9.92. The average molecular weight is 259 g/mol. The Labute approximate surface area is 112 Å². The summed E-state index contributed by atoms with van der Waals surface area (Å²) in [5.41, 5.74) is 1.14. The van der Waals surface area contributed by atoms with Crippen LogP contribution in [-0.4, -0.2) is 23.8 Å². The number of aromatic nitrogens is 2. The van der Waals surface area contributed by atoms with Gasteiger partial charge in [0.15, 0.2) is 5.82 Å². The molecule has 0 saturated heterocycles. The van der Waals surface area contributed by atoms with E-state index in [0.717, 1.165) is 23.6 Å². The summed E-state index contributed by atoms with van der Waals surface area (Å²) in [6, 6.07) is 8.11. The van der Waals surface area contributed by atoms with Crippen LogP contribution in [0.5, 0.6) is 5.75 Å². The second kappa shape index (κ2) is 5.01. The van der Waals surface area contributed by atoms with Gasteiger partial charge in [-0.05, 0) is 26.5 Å². The van der Waals surface area contributed by atoms with Gasteiger partial charge in [0.25, 0.3) is 0 Å². The van der Waals surface area contributed by atoms with E-state index in [1.54, 1.807) is 0 Å². The lowest BCUT2D eigenvalue weighted by molar-refractivity contribution is 0.271. The highest BCUT2D eigenvalue weighted by atomic mass is 16.5. The molecule has 1 aromatic carbocycles. The van der Waals surface area contributed by atoms with Gasteiger partial charge >= 0.3 is 0 Å². The van der Waals surface area contributed by atoms with Crippen molar-refractivity contribution >= 4 is 0 Å². The summed E-state index contributed by atoms with van der Waals surface area (Å²) in [4.78, 5) is 4.51. The topological polar surface area (TPSA) is 60.2 Å². The van der Waals surface area contributed by atoms with Gasteiger partial charge in [-0.2, -0.15) is 4.98 Å². The number of rotatable bonds is 3. The van der Waals surface area contributed by atoms with Crippen molar-refractivity contribution in [2.24, 2.45) is 0 Å². The Bertz CT molecular complexity index is 567. The summed E-state index contributed by atoms with van der Waals surface area (Å²) in [6.45, 7) is 2.68. The van der Waals surface area contributed by atoms with Crippen molar-refractivity contribution in [3.63, 3.8) is 0 Å². The molecule has 5 nitrogen and oxygen atoms in total. The van der Waals surface area contributed by atoms with Crippen LogP contribution in [-0.2, 0) is 0 Å². The molecule has 5 heteroatoms. The molecule has 19 heavy (non-hydrogen) atoms. The predicted octanol–water partition coefficient (Wildman–Crippen LogP) is 2.26. The van der Waals surface area contributed by atoms with Gasteiger partial charge in [0.1, 0.15) is 5.75 Å². The van der Waals surface area contributed by atoms with Gasteiger partial charge in [0.05, 0.1) is 18.6 Å². The molecule has 0 radical (unpaired) electrons. The normalized spacial score (nSPS) is 19.6. The van der Waals surface area contributed by atoms with Crippen LogP contribution in [0.4, 0.5) is 0 Å². The Morgan fingerprint density at radius 1 is 1.37 bits per heavy atom. The molecule has 2 unspecified atom stereocenters. The fourth-order valence-corrected chi connectivity index (χ4v) is 2.30. The number of fused-ring (bicyclic) bond motifs is 1. The van der Waals surface area contributed by atoms with Crippen LogP contribution in [0.3, 0.4) is 0 Å². The monoisotopic (exact) mass is 259 g/mol. The minimum absolute atomic E-state index is 0.0661. The van der Waals surface area contributed by atoms with Crippen molar-refractivity contribution in [2.75, 3.05) is 13.7 Å². The van der Waals surface area contributed by atoms with Gasteiger partial charge in [-0.1, -0.05) is 23.4 Å². The summed E-state index contributed by atoms with van der Waals surface area (Å²) in [6.07, 6.45) is 0.879. The van der Waals surface area contributed by atoms with Gasteiger partial charge in [-0.3, -0.25) is 0 Å². The zero-order valence-corrected chi connectivity index (χ0v) is 11.1. The van der Waals surface area contributed by atoms with Crippen LogP contribution in [0.15, 0.2) is 28.8 Å². The summed E-state index contributed by atoms with van der Waals surface area (Å²) < 4.78 is 11.0. The number of hydrogen-bond donors (Lipinski definition) is 1. The summed E-state index contributed by atoms with van der Waals surface area (Å²) in [5, 5.41) is 7.22. The lowest BCUT2D eigenvalue weighted by Gasteiger charge is -2.23. The highest BCUT2D eigenvalue weighted by Gasteiger charge is 2.27. The van der Waals surface area contributed by atoms with Gasteiger partial charge in [-0.15, -0.1) is 0 Å². The highest BCUT2D eigenvalue weighted by molar-refractivity contribution is 5.40. The molecule has 0 aliphatic carbocycles. The van der Waals surface area contributed by atoms with Crippen molar-refractivity contribution in [3.05, 3.63) is 41.5 Å². The standard InChI is InChI=1S/C14H17N3O2/c1-9(15-2)14-16-13(17-19-14)11-7-8-18-12-6-4-3-5-10(11)12/h3-6,9,11,15H,7-8H2,1-2H3. The molecule has 2 atom stereocenters. The van der Waals surface area contributed by atoms with E-state index in [-0.39, 0.29) is 12.0 Å². The Morgan fingerprint density at radius 2 is 2.21 bits per heavy atom. The molecule has 0 fully saturated rings. The van der Waals surface area contributed by atoms with Crippen LogP contribution in [0, 0.1) is 0 Å². The quantitative estimate of drug-likeness (QED) is 0.916. The number of nitrogens with one attached hydrogen (secondary N) is 1. The van der Waals surface area contributed by atoms with Crippen molar-refractivity contribution in [1.29, 1.82) is 0 Å². The van der Waals surface area contributed by atoms with Crippen molar-refractivity contribution in [3.8, 4) is 5.75 Å². The predicted molar refractivity (Wildman–Crippen MR) is 70.2 cm³/mol. The molecule has 3 rings (SSSR count). The first-order chi connectivity index (χ1) is 9.29. The maximum atomic E-state index is 5.65. The smallest absolute Gasteiger partial charge is 0.243 e. The third-order valence-electron chi connectivity index (χ3n) is 3.53. The van der Waals surface area contributed by atoms with E-state index in [1.807, 2.05) is 32.2 Å². The van der Waals surface area contributed by atoms with Gasteiger partial charge in [0.2, 0.25) is 5.89 Å². The average Bonchev–Trinajstić information content (AvgIpc) is 2.95. The maximum Gasteiger partial charge on any atom is 0.243 e. The summed E-state index contributed by atoms with van der Waals surface area (Å²) in [7, 11) is 1.87. The van der Waals surface area contributed by atoms with Gasteiger partial charge in [0, 0.05) is 5.56 Å². The number of nitrogens with zero attached hydrogens (tertiary/aromatic N) is 2. The molecule has 1 N–H and O–H groups in total. The second-order valence-electron chi connectivity index (χ2n) is 4.73. The van der Waals surface area contributed by atoms with E-state index >= 15 is 0 Å². The van der Waals surface area contributed by atoms with Gasteiger partial charge < -0.3 is 14.6 Å². The fraction of sp³-hybridized carbons (Fsp3) is 0.429. The molecule has 1 aliphatic heterocycles. The van der Waals surface area contributed by atoms with Crippen LogP contribution in [0.2, 0.25) is 0 Å². The van der Waals surface area contributed by atoms with E-state index in [9.17, 15) is 0 Å². The van der Waals surface area contributed by atoms with Crippen molar-refractivity contribution in [2.45, 2.75) is 25.3 Å². The van der Waals surface area contributed by atoms with Crippen LogP contribution in [0.1, 0.15) is 42.6 Å². The second-order valence-corrected chi connectivity index (χ2v) is 4.73. The molecular weight excluding hydrogens is 242 g/mol. The van der Waals surface area contributed by atoms with Crippen molar-refractivity contribution < 1.29 is 9.26 Å². The van der Waals surface area contributed by atoms with Crippen LogP contribution in [0.25, 0.3) is 0 Å². The Balaban J connectivity index is 1.93. The Kier molecular flexibility index (Phi) is 3.21. The van der Waals surface area contributed by atoms with E-state index in [1.165, 1.54) is 0 Å². The fourth-order valence-electron chi connectivity index (χ4n) is 2.30. The van der Waals surface area contributed by atoms with E-state index in [2.05, 4.69) is 21.5 Å². The molecule has 0 spiro atoms. The SMILES string of the molecule is CNC(C)c1nc(C2CCOc3ccccc32)no1. The van der Waals surface area contributed by atoms with Gasteiger partial charge in [-0.25, -0.2) is 0 Å². The highest BCUT2D eigenvalue weighted by Crippen LogP contribution is 2.36. The first kappa shape index (κ1) is 12.2. The maximum absolute atomic E-state index is 5.65. The lowest BCUT2D eigenvalue weighted by Crippen LogP contribution is -2.16. The zero-order chi connectivity index (χ0) is 13.2. The molecular formula is C14H17N3O2. The number of ether oxygens (including phenoxy) is 1. The third-order valence-corrected chi connectivity index (χ3v) is 3.53. The number of para-hydroxylation sites is 1. The molecule has 2 heterocycles. The third kappa shape index (κ3) is 2.21. The Hall–Kier alpha value is -1.88. The summed E-state index contributed by atoms with van der Waals surface area (Å²) in [5.74, 6) is 2.45. The first-order valence-electron chi connectivity index (χ1n) is 6.52. The largest absolute Gasteiger partial charge is 0.493 e. The molecule has 100 valence electrons. The number of hydrogen-bond acceptors (Lipinski definition) is 5. The summed E-state index contributed by atoms with van der Waals surface area (Å²) >= 11 is 0. The first-order valence-corrected chi connectivity index (χ1v) is 6.52. The Morgan fingerprint density at radius 3 is 3.05 bits per heavy atom. The van der Waals surface area contributed by atoms with E-state index < -0.39 is 0 Å². The van der Waals surface area contributed by atoms with E-state index in [0.29, 0.717) is 12.5 Å². The van der Waals surface area contributed by atoms with Crippen molar-refractivity contribution in [1.82, 2.24) is 15.5 Å². The molecule has 0 amide bonds. The molecule has 2 aromatic rings. The van der Waals surface area contributed by atoms with Crippen LogP contribution >= 0.6 is 0 Å². The molecule has 0 saturated carbocycles. The molecule has 1 aromatic heterocycles. The molecule has 1 aliphatic rings. The molecule has 0 bridgehead atoms. The minimum atomic E-state index is 0.0661. The minimum Gasteiger partial charge on any atom is -0.493 e. The van der Waals surface area contributed by atoms with E-state index in [4.69, 9.17) is 9.26 Å².